The fourth-order valence-electron chi connectivity index (χ4n) is 2.54. The number of hydrogen-bond acceptors (Lipinski definition) is 3. The van der Waals surface area contributed by atoms with Crippen molar-refractivity contribution in [3.63, 3.8) is 0 Å². The van der Waals surface area contributed by atoms with Crippen LogP contribution in [0.5, 0.6) is 0 Å². The van der Waals surface area contributed by atoms with Gasteiger partial charge in [-0.1, -0.05) is 12.1 Å². The lowest BCUT2D eigenvalue weighted by molar-refractivity contribution is 0.0407. The molecular weight excluding hydrogens is 242 g/mol. The molecule has 104 valence electrons. The fourth-order valence-corrected chi connectivity index (χ4v) is 2.54. The molecule has 0 amide bonds. The van der Waals surface area contributed by atoms with Crippen molar-refractivity contribution in [2.45, 2.75) is 32.4 Å². The number of carbonyl (C=O) groups is 1. The number of benzene rings is 1. The molecule has 0 atom stereocenters. The van der Waals surface area contributed by atoms with Crippen LogP contribution in [0, 0.1) is 6.92 Å². The van der Waals surface area contributed by atoms with Gasteiger partial charge >= 0.3 is 5.97 Å². The Labute approximate surface area is 114 Å². The van der Waals surface area contributed by atoms with Gasteiger partial charge in [0.1, 0.15) is 0 Å². The highest BCUT2D eigenvalue weighted by molar-refractivity contribution is 5.89. The topological polar surface area (TPSA) is 49.8 Å². The van der Waals surface area contributed by atoms with Crippen molar-refractivity contribution < 1.29 is 14.6 Å². The zero-order valence-corrected chi connectivity index (χ0v) is 11.6. The number of hydrogen-bond donors (Lipinski definition) is 1. The van der Waals surface area contributed by atoms with Crippen molar-refractivity contribution in [2.24, 2.45) is 0 Å². The number of aromatic carboxylic acids is 1. The van der Waals surface area contributed by atoms with Gasteiger partial charge in [0.25, 0.3) is 0 Å². The first-order chi connectivity index (χ1) is 9.08. The van der Waals surface area contributed by atoms with Gasteiger partial charge in [-0.25, -0.2) is 4.79 Å². The van der Waals surface area contributed by atoms with Gasteiger partial charge in [0.05, 0.1) is 5.56 Å². The van der Waals surface area contributed by atoms with E-state index in [2.05, 4.69) is 11.9 Å². The van der Waals surface area contributed by atoms with E-state index in [-0.39, 0.29) is 0 Å². The molecule has 1 aromatic carbocycles. The summed E-state index contributed by atoms with van der Waals surface area (Å²) < 4.78 is 5.36. The first-order valence-corrected chi connectivity index (χ1v) is 6.68. The van der Waals surface area contributed by atoms with Gasteiger partial charge in [0.2, 0.25) is 0 Å². The van der Waals surface area contributed by atoms with Crippen LogP contribution in [-0.4, -0.2) is 42.3 Å². The molecule has 1 aliphatic rings. The SMILES string of the molecule is Cc1ccc(CN(C)C2CCOCC2)cc1C(=O)O. The lowest BCUT2D eigenvalue weighted by Crippen LogP contribution is -2.36. The minimum atomic E-state index is -0.854. The first kappa shape index (κ1) is 14.0. The van der Waals surface area contributed by atoms with Gasteiger partial charge in [-0.05, 0) is 44.0 Å². The molecule has 1 heterocycles. The fraction of sp³-hybridized carbons (Fsp3) is 0.533. The van der Waals surface area contributed by atoms with E-state index < -0.39 is 5.97 Å². The zero-order valence-electron chi connectivity index (χ0n) is 11.6. The van der Waals surface area contributed by atoms with Crippen molar-refractivity contribution >= 4 is 5.97 Å². The van der Waals surface area contributed by atoms with Crippen molar-refractivity contribution in [1.29, 1.82) is 0 Å². The lowest BCUT2D eigenvalue weighted by Gasteiger charge is -2.31. The number of rotatable bonds is 4. The smallest absolute Gasteiger partial charge is 0.335 e. The predicted octanol–water partition coefficient (Wildman–Crippen LogP) is 2.30. The Bertz CT molecular complexity index is 453. The van der Waals surface area contributed by atoms with E-state index in [1.807, 2.05) is 19.1 Å². The summed E-state index contributed by atoms with van der Waals surface area (Å²) in [4.78, 5) is 13.4. The van der Waals surface area contributed by atoms with E-state index in [4.69, 9.17) is 9.84 Å². The molecule has 1 fully saturated rings. The van der Waals surface area contributed by atoms with E-state index >= 15 is 0 Å². The van der Waals surface area contributed by atoms with Gasteiger partial charge in [0.15, 0.2) is 0 Å². The largest absolute Gasteiger partial charge is 0.478 e. The molecule has 0 radical (unpaired) electrons. The van der Waals surface area contributed by atoms with Gasteiger partial charge < -0.3 is 9.84 Å². The second-order valence-corrected chi connectivity index (χ2v) is 5.21. The van der Waals surface area contributed by atoms with E-state index in [1.54, 1.807) is 6.07 Å². The van der Waals surface area contributed by atoms with Crippen LogP contribution in [0.15, 0.2) is 18.2 Å². The van der Waals surface area contributed by atoms with E-state index in [0.717, 1.165) is 43.7 Å². The van der Waals surface area contributed by atoms with Gasteiger partial charge in [-0.2, -0.15) is 0 Å². The summed E-state index contributed by atoms with van der Waals surface area (Å²) in [5, 5.41) is 9.14. The average molecular weight is 263 g/mol. The summed E-state index contributed by atoms with van der Waals surface area (Å²) in [6.45, 7) is 4.26. The molecule has 1 N–H and O–H groups in total. The summed E-state index contributed by atoms with van der Waals surface area (Å²) in [5.41, 5.74) is 2.26. The van der Waals surface area contributed by atoms with E-state index in [9.17, 15) is 4.79 Å². The second kappa shape index (κ2) is 6.17. The standard InChI is InChI=1S/C15H21NO3/c1-11-3-4-12(9-14(11)15(17)18)10-16(2)13-5-7-19-8-6-13/h3-4,9,13H,5-8,10H2,1-2H3,(H,17,18). The Morgan fingerprint density at radius 1 is 1.42 bits per heavy atom. The molecule has 0 aliphatic carbocycles. The monoisotopic (exact) mass is 263 g/mol. The van der Waals surface area contributed by atoms with Crippen molar-refractivity contribution in [1.82, 2.24) is 4.90 Å². The zero-order chi connectivity index (χ0) is 13.8. The first-order valence-electron chi connectivity index (χ1n) is 6.68. The van der Waals surface area contributed by atoms with Crippen LogP contribution < -0.4 is 0 Å². The number of carboxylic acids is 1. The van der Waals surface area contributed by atoms with Crippen LogP contribution in [0.3, 0.4) is 0 Å². The molecule has 0 unspecified atom stereocenters. The Hall–Kier alpha value is -1.39. The van der Waals surface area contributed by atoms with Gasteiger partial charge in [0, 0.05) is 25.8 Å². The number of ether oxygens (including phenoxy) is 1. The molecule has 0 saturated carbocycles. The molecule has 1 aromatic rings. The van der Waals surface area contributed by atoms with Crippen molar-refractivity contribution in [3.05, 3.63) is 34.9 Å². The third-order valence-electron chi connectivity index (χ3n) is 3.78. The quantitative estimate of drug-likeness (QED) is 0.905. The molecule has 1 aliphatic heterocycles. The molecule has 1 saturated heterocycles. The Balaban J connectivity index is 2.05. The van der Waals surface area contributed by atoms with E-state index in [0.29, 0.717) is 11.6 Å². The molecule has 0 spiro atoms. The molecule has 0 aromatic heterocycles. The molecule has 4 nitrogen and oxygen atoms in total. The second-order valence-electron chi connectivity index (χ2n) is 5.21. The Morgan fingerprint density at radius 3 is 2.74 bits per heavy atom. The van der Waals surface area contributed by atoms with Gasteiger partial charge in [-0.15, -0.1) is 0 Å². The highest BCUT2D eigenvalue weighted by Crippen LogP contribution is 2.17. The minimum absolute atomic E-state index is 0.401. The van der Waals surface area contributed by atoms with Crippen LogP contribution in [0.1, 0.15) is 34.3 Å². The molecule has 0 bridgehead atoms. The third kappa shape index (κ3) is 3.55. The maximum Gasteiger partial charge on any atom is 0.335 e. The predicted molar refractivity (Wildman–Crippen MR) is 73.4 cm³/mol. The number of nitrogens with zero attached hydrogens (tertiary/aromatic N) is 1. The van der Waals surface area contributed by atoms with Crippen LogP contribution >= 0.6 is 0 Å². The summed E-state index contributed by atoms with van der Waals surface area (Å²) in [6.07, 6.45) is 2.10. The van der Waals surface area contributed by atoms with Crippen LogP contribution in [0.4, 0.5) is 0 Å². The summed E-state index contributed by atoms with van der Waals surface area (Å²) in [5.74, 6) is -0.854. The lowest BCUT2D eigenvalue weighted by atomic mass is 10.0. The average Bonchev–Trinajstić information content (AvgIpc) is 2.41. The molecular formula is C15H21NO3. The molecule has 4 heteroatoms. The molecule has 19 heavy (non-hydrogen) atoms. The van der Waals surface area contributed by atoms with Crippen LogP contribution in [0.25, 0.3) is 0 Å². The maximum atomic E-state index is 11.1. The maximum absolute atomic E-state index is 11.1. The van der Waals surface area contributed by atoms with Crippen LogP contribution in [-0.2, 0) is 11.3 Å². The Morgan fingerprint density at radius 2 is 2.11 bits per heavy atom. The minimum Gasteiger partial charge on any atom is -0.478 e. The summed E-state index contributed by atoms with van der Waals surface area (Å²) in [6, 6.07) is 6.21. The third-order valence-corrected chi connectivity index (χ3v) is 3.78. The Kier molecular flexibility index (Phi) is 4.56. The molecule has 2 rings (SSSR count). The normalized spacial score (nSPS) is 16.8. The highest BCUT2D eigenvalue weighted by atomic mass is 16.5. The summed E-state index contributed by atoms with van der Waals surface area (Å²) in [7, 11) is 2.09. The van der Waals surface area contributed by atoms with Crippen molar-refractivity contribution in [3.8, 4) is 0 Å². The van der Waals surface area contributed by atoms with E-state index in [1.165, 1.54) is 0 Å². The summed E-state index contributed by atoms with van der Waals surface area (Å²) >= 11 is 0. The van der Waals surface area contributed by atoms with Crippen molar-refractivity contribution in [2.75, 3.05) is 20.3 Å². The number of aryl methyl sites for hydroxylation is 1. The number of carboxylic acid groups (broad SMARTS) is 1. The van der Waals surface area contributed by atoms with Gasteiger partial charge in [-0.3, -0.25) is 4.90 Å². The van der Waals surface area contributed by atoms with Crippen LogP contribution in [0.2, 0.25) is 0 Å². The highest BCUT2D eigenvalue weighted by Gasteiger charge is 2.18.